The SMILES string of the molecule is COc1ccc(C=CC(=O)O)c(CN2CCCCCC2)c1. The minimum atomic E-state index is -0.924. The molecule has 0 spiro atoms. The number of methoxy groups -OCH3 is 1. The maximum atomic E-state index is 10.7. The summed E-state index contributed by atoms with van der Waals surface area (Å²) < 4.78 is 5.29. The Labute approximate surface area is 126 Å². The quantitative estimate of drug-likeness (QED) is 0.846. The summed E-state index contributed by atoms with van der Waals surface area (Å²) in [4.78, 5) is 13.2. The van der Waals surface area contributed by atoms with E-state index in [9.17, 15) is 4.79 Å². The normalized spacial score (nSPS) is 16.8. The average molecular weight is 289 g/mol. The van der Waals surface area contributed by atoms with Crippen molar-refractivity contribution in [3.63, 3.8) is 0 Å². The second kappa shape index (κ2) is 7.84. The molecule has 0 radical (unpaired) electrons. The van der Waals surface area contributed by atoms with Crippen molar-refractivity contribution in [3.05, 3.63) is 35.4 Å². The Balaban J connectivity index is 2.19. The molecule has 0 atom stereocenters. The van der Waals surface area contributed by atoms with Crippen LogP contribution in [0, 0.1) is 0 Å². The van der Waals surface area contributed by atoms with Gasteiger partial charge in [0, 0.05) is 12.6 Å². The molecule has 1 saturated heterocycles. The summed E-state index contributed by atoms with van der Waals surface area (Å²) in [6.45, 7) is 3.06. The number of carboxylic acid groups (broad SMARTS) is 1. The van der Waals surface area contributed by atoms with Crippen LogP contribution < -0.4 is 4.74 Å². The van der Waals surface area contributed by atoms with E-state index >= 15 is 0 Å². The Kier molecular flexibility index (Phi) is 5.81. The van der Waals surface area contributed by atoms with Crippen molar-refractivity contribution in [1.29, 1.82) is 0 Å². The van der Waals surface area contributed by atoms with Crippen molar-refractivity contribution in [3.8, 4) is 5.75 Å². The molecule has 114 valence electrons. The van der Waals surface area contributed by atoms with Gasteiger partial charge in [-0.3, -0.25) is 4.90 Å². The lowest BCUT2D eigenvalue weighted by Crippen LogP contribution is -2.24. The van der Waals surface area contributed by atoms with Crippen LogP contribution in [0.1, 0.15) is 36.8 Å². The van der Waals surface area contributed by atoms with E-state index in [1.165, 1.54) is 31.8 Å². The number of hydrogen-bond donors (Lipinski definition) is 1. The lowest BCUT2D eigenvalue weighted by atomic mass is 10.1. The van der Waals surface area contributed by atoms with Crippen LogP contribution >= 0.6 is 0 Å². The first kappa shape index (κ1) is 15.6. The van der Waals surface area contributed by atoms with Crippen LogP contribution in [0.4, 0.5) is 0 Å². The summed E-state index contributed by atoms with van der Waals surface area (Å²) in [5, 5.41) is 8.80. The van der Waals surface area contributed by atoms with E-state index < -0.39 is 5.97 Å². The highest BCUT2D eigenvalue weighted by atomic mass is 16.5. The summed E-state index contributed by atoms with van der Waals surface area (Å²) in [7, 11) is 1.65. The van der Waals surface area contributed by atoms with Crippen molar-refractivity contribution in [2.24, 2.45) is 0 Å². The Hall–Kier alpha value is -1.81. The molecule has 0 saturated carbocycles. The van der Waals surface area contributed by atoms with Gasteiger partial charge in [-0.15, -0.1) is 0 Å². The molecule has 0 bridgehead atoms. The third-order valence-corrected chi connectivity index (χ3v) is 3.85. The maximum absolute atomic E-state index is 10.7. The molecular formula is C17H23NO3. The monoisotopic (exact) mass is 289 g/mol. The fraction of sp³-hybridized carbons (Fsp3) is 0.471. The molecule has 1 aromatic rings. The van der Waals surface area contributed by atoms with E-state index in [0.29, 0.717) is 0 Å². The van der Waals surface area contributed by atoms with E-state index in [0.717, 1.165) is 36.5 Å². The summed E-state index contributed by atoms with van der Waals surface area (Å²) in [6.07, 6.45) is 7.94. The van der Waals surface area contributed by atoms with Crippen molar-refractivity contribution < 1.29 is 14.6 Å². The van der Waals surface area contributed by atoms with Crippen molar-refractivity contribution >= 4 is 12.0 Å². The minimum absolute atomic E-state index is 0.812. The Bertz CT molecular complexity index is 503. The van der Waals surface area contributed by atoms with Gasteiger partial charge in [0.15, 0.2) is 0 Å². The van der Waals surface area contributed by atoms with E-state index in [1.807, 2.05) is 18.2 Å². The van der Waals surface area contributed by atoms with Crippen LogP contribution in [0.2, 0.25) is 0 Å². The molecule has 0 amide bonds. The lowest BCUT2D eigenvalue weighted by molar-refractivity contribution is -0.131. The number of carbonyl (C=O) groups is 1. The standard InChI is InChI=1S/C17H23NO3/c1-21-16-8-6-14(7-9-17(19)20)15(12-16)13-18-10-4-2-3-5-11-18/h6-9,12H,2-5,10-11,13H2,1H3,(H,19,20). The Morgan fingerprint density at radius 2 is 2.00 bits per heavy atom. The second-order valence-electron chi connectivity index (χ2n) is 5.43. The molecule has 1 aromatic carbocycles. The van der Waals surface area contributed by atoms with Gasteiger partial charge >= 0.3 is 5.97 Å². The van der Waals surface area contributed by atoms with Crippen LogP contribution in [0.5, 0.6) is 5.75 Å². The highest BCUT2D eigenvalue weighted by Gasteiger charge is 2.12. The zero-order valence-electron chi connectivity index (χ0n) is 12.5. The number of benzene rings is 1. The van der Waals surface area contributed by atoms with Gasteiger partial charge in [0.2, 0.25) is 0 Å². The second-order valence-corrected chi connectivity index (χ2v) is 5.43. The number of aliphatic carboxylic acids is 1. The average Bonchev–Trinajstić information content (AvgIpc) is 2.74. The smallest absolute Gasteiger partial charge is 0.328 e. The zero-order chi connectivity index (χ0) is 15.1. The highest BCUT2D eigenvalue weighted by molar-refractivity contribution is 5.85. The number of rotatable bonds is 5. The number of ether oxygens (including phenoxy) is 1. The van der Waals surface area contributed by atoms with Crippen LogP contribution in [0.15, 0.2) is 24.3 Å². The van der Waals surface area contributed by atoms with Gasteiger partial charge in [-0.25, -0.2) is 4.79 Å². The molecule has 21 heavy (non-hydrogen) atoms. The molecule has 1 N–H and O–H groups in total. The molecule has 1 aliphatic rings. The molecule has 0 aromatic heterocycles. The first-order chi connectivity index (χ1) is 10.2. The first-order valence-electron chi connectivity index (χ1n) is 7.49. The Morgan fingerprint density at radius 3 is 2.62 bits per heavy atom. The predicted octanol–water partition coefficient (Wildman–Crippen LogP) is 3.17. The number of hydrogen-bond acceptors (Lipinski definition) is 3. The highest BCUT2D eigenvalue weighted by Crippen LogP contribution is 2.22. The van der Waals surface area contributed by atoms with Crippen LogP contribution in [0.25, 0.3) is 6.08 Å². The van der Waals surface area contributed by atoms with Crippen molar-refractivity contribution in [1.82, 2.24) is 4.90 Å². The first-order valence-corrected chi connectivity index (χ1v) is 7.49. The molecule has 0 unspecified atom stereocenters. The lowest BCUT2D eigenvalue weighted by Gasteiger charge is -2.21. The van der Waals surface area contributed by atoms with Crippen molar-refractivity contribution in [2.45, 2.75) is 32.2 Å². The van der Waals surface area contributed by atoms with E-state index in [2.05, 4.69) is 4.90 Å². The minimum Gasteiger partial charge on any atom is -0.497 e. The largest absolute Gasteiger partial charge is 0.497 e. The summed E-state index contributed by atoms with van der Waals surface area (Å²) in [6, 6.07) is 5.80. The predicted molar refractivity (Wildman–Crippen MR) is 83.4 cm³/mol. The van der Waals surface area contributed by atoms with E-state index in [-0.39, 0.29) is 0 Å². The molecule has 4 nitrogen and oxygen atoms in total. The van der Waals surface area contributed by atoms with Crippen LogP contribution in [0.3, 0.4) is 0 Å². The number of likely N-dealkylation sites (tertiary alicyclic amines) is 1. The molecule has 1 heterocycles. The molecule has 4 heteroatoms. The molecule has 2 rings (SSSR count). The Morgan fingerprint density at radius 1 is 1.29 bits per heavy atom. The maximum Gasteiger partial charge on any atom is 0.328 e. The van der Waals surface area contributed by atoms with Crippen LogP contribution in [-0.4, -0.2) is 36.2 Å². The molecule has 0 aliphatic carbocycles. The van der Waals surface area contributed by atoms with E-state index in [1.54, 1.807) is 13.2 Å². The van der Waals surface area contributed by atoms with Gasteiger partial charge in [-0.2, -0.15) is 0 Å². The van der Waals surface area contributed by atoms with E-state index in [4.69, 9.17) is 9.84 Å². The fourth-order valence-corrected chi connectivity index (χ4v) is 2.70. The van der Waals surface area contributed by atoms with Gasteiger partial charge in [0.1, 0.15) is 5.75 Å². The molecule has 1 fully saturated rings. The number of nitrogens with zero attached hydrogens (tertiary/aromatic N) is 1. The summed E-state index contributed by atoms with van der Waals surface area (Å²) in [5.41, 5.74) is 2.07. The summed E-state index contributed by atoms with van der Waals surface area (Å²) in [5.74, 6) is -0.112. The van der Waals surface area contributed by atoms with Gasteiger partial charge in [-0.05, 0) is 55.3 Å². The van der Waals surface area contributed by atoms with Crippen LogP contribution in [-0.2, 0) is 11.3 Å². The fourth-order valence-electron chi connectivity index (χ4n) is 2.70. The van der Waals surface area contributed by atoms with Gasteiger partial charge in [0.05, 0.1) is 7.11 Å². The topological polar surface area (TPSA) is 49.8 Å². The zero-order valence-corrected chi connectivity index (χ0v) is 12.5. The summed E-state index contributed by atoms with van der Waals surface area (Å²) >= 11 is 0. The van der Waals surface area contributed by atoms with Gasteiger partial charge in [-0.1, -0.05) is 18.9 Å². The third kappa shape index (κ3) is 4.90. The molecular weight excluding hydrogens is 266 g/mol. The number of carboxylic acids is 1. The van der Waals surface area contributed by atoms with Gasteiger partial charge < -0.3 is 9.84 Å². The third-order valence-electron chi connectivity index (χ3n) is 3.85. The molecule has 1 aliphatic heterocycles. The van der Waals surface area contributed by atoms with Gasteiger partial charge in [0.25, 0.3) is 0 Å². The van der Waals surface area contributed by atoms with Crippen molar-refractivity contribution in [2.75, 3.05) is 20.2 Å².